The summed E-state index contributed by atoms with van der Waals surface area (Å²) in [4.78, 5) is 17.0. The van der Waals surface area contributed by atoms with Crippen LogP contribution >= 0.6 is 0 Å². The Balaban J connectivity index is 1.72. The van der Waals surface area contributed by atoms with Crippen LogP contribution in [0.4, 0.5) is 5.69 Å². The van der Waals surface area contributed by atoms with E-state index in [4.69, 9.17) is 4.42 Å². The molecule has 0 spiro atoms. The van der Waals surface area contributed by atoms with Crippen molar-refractivity contribution in [3.63, 3.8) is 0 Å². The molecular formula is C20H23N3O4S. The number of oxazole rings is 1. The van der Waals surface area contributed by atoms with Crippen molar-refractivity contribution >= 4 is 32.7 Å². The molecule has 1 N–H and O–H groups in total. The number of benzene rings is 2. The molecule has 0 bridgehead atoms. The number of anilines is 1. The summed E-state index contributed by atoms with van der Waals surface area (Å²) < 4.78 is 31.8. The van der Waals surface area contributed by atoms with Gasteiger partial charge in [-0.2, -0.15) is 4.31 Å². The number of nitrogens with one attached hydrogen (secondary N) is 1. The Morgan fingerprint density at radius 3 is 2.46 bits per heavy atom. The molecule has 0 fully saturated rings. The van der Waals surface area contributed by atoms with Gasteiger partial charge in [-0.15, -0.1) is 0 Å². The molecule has 148 valence electrons. The molecule has 0 aliphatic rings. The molecule has 1 heterocycles. The first kappa shape index (κ1) is 20.0. The van der Waals surface area contributed by atoms with Gasteiger partial charge in [-0.3, -0.25) is 4.79 Å². The molecule has 0 saturated heterocycles. The smallest absolute Gasteiger partial charge is 0.243 e. The molecule has 0 unspecified atom stereocenters. The number of carbonyl (C=O) groups excluding carboxylic acids is 1. The highest BCUT2D eigenvalue weighted by atomic mass is 32.2. The summed E-state index contributed by atoms with van der Waals surface area (Å²) >= 11 is 0. The van der Waals surface area contributed by atoms with Gasteiger partial charge in [0, 0.05) is 18.2 Å². The predicted molar refractivity (Wildman–Crippen MR) is 108 cm³/mol. The minimum atomic E-state index is -3.73. The molecule has 7 nitrogen and oxygen atoms in total. The number of hydrogen-bond acceptors (Lipinski definition) is 5. The number of nitrogens with zero attached hydrogens (tertiary/aromatic N) is 2. The SMILES string of the molecule is CN(CC(=O)Nc1ccc2oc(C(C)(C)C)nc2c1)S(=O)(=O)c1ccccc1. The number of hydrogen-bond donors (Lipinski definition) is 1. The Morgan fingerprint density at radius 1 is 1.14 bits per heavy atom. The molecule has 3 aromatic rings. The van der Waals surface area contributed by atoms with E-state index in [0.717, 1.165) is 4.31 Å². The fraction of sp³-hybridized carbons (Fsp3) is 0.300. The van der Waals surface area contributed by atoms with Crippen LogP contribution in [0.15, 0.2) is 57.8 Å². The first-order chi connectivity index (χ1) is 13.1. The van der Waals surface area contributed by atoms with E-state index < -0.39 is 15.9 Å². The topological polar surface area (TPSA) is 92.5 Å². The van der Waals surface area contributed by atoms with Crippen LogP contribution in [-0.4, -0.2) is 37.2 Å². The molecule has 8 heteroatoms. The number of aromatic nitrogens is 1. The first-order valence-electron chi connectivity index (χ1n) is 8.80. The van der Waals surface area contributed by atoms with Crippen LogP contribution < -0.4 is 5.32 Å². The molecular weight excluding hydrogens is 378 g/mol. The van der Waals surface area contributed by atoms with Crippen molar-refractivity contribution in [1.82, 2.24) is 9.29 Å². The van der Waals surface area contributed by atoms with E-state index in [1.807, 2.05) is 20.8 Å². The lowest BCUT2D eigenvalue weighted by Crippen LogP contribution is -2.34. The monoisotopic (exact) mass is 401 g/mol. The van der Waals surface area contributed by atoms with E-state index in [1.54, 1.807) is 36.4 Å². The highest BCUT2D eigenvalue weighted by molar-refractivity contribution is 7.89. The van der Waals surface area contributed by atoms with Gasteiger partial charge in [0.25, 0.3) is 0 Å². The number of carbonyl (C=O) groups is 1. The maximum atomic E-state index is 12.5. The van der Waals surface area contributed by atoms with Crippen LogP contribution in [0.1, 0.15) is 26.7 Å². The van der Waals surface area contributed by atoms with Crippen molar-refractivity contribution in [2.45, 2.75) is 31.1 Å². The molecule has 0 radical (unpaired) electrons. The minimum absolute atomic E-state index is 0.143. The zero-order chi connectivity index (χ0) is 20.5. The van der Waals surface area contributed by atoms with Crippen molar-refractivity contribution in [3.05, 3.63) is 54.4 Å². The van der Waals surface area contributed by atoms with Gasteiger partial charge in [0.2, 0.25) is 21.8 Å². The number of amides is 1. The first-order valence-corrected chi connectivity index (χ1v) is 10.2. The Labute approximate surface area is 164 Å². The predicted octanol–water partition coefficient (Wildman–Crippen LogP) is 3.38. The maximum absolute atomic E-state index is 12.5. The van der Waals surface area contributed by atoms with E-state index in [9.17, 15) is 13.2 Å². The second kappa shape index (κ2) is 7.37. The average molecular weight is 401 g/mol. The molecule has 0 aliphatic heterocycles. The standard InChI is InChI=1S/C20H23N3O4S/c1-20(2,3)19-22-16-12-14(10-11-17(16)27-19)21-18(24)13-23(4)28(25,26)15-8-6-5-7-9-15/h5-12H,13H2,1-4H3,(H,21,24). The molecule has 3 rings (SSSR count). The molecule has 0 saturated carbocycles. The third kappa shape index (κ3) is 4.23. The molecule has 28 heavy (non-hydrogen) atoms. The van der Waals surface area contributed by atoms with Gasteiger partial charge in [0.05, 0.1) is 11.4 Å². The highest BCUT2D eigenvalue weighted by Gasteiger charge is 2.23. The Hall–Kier alpha value is -2.71. The van der Waals surface area contributed by atoms with Gasteiger partial charge in [0.1, 0.15) is 5.52 Å². The van der Waals surface area contributed by atoms with Crippen molar-refractivity contribution in [2.24, 2.45) is 0 Å². The summed E-state index contributed by atoms with van der Waals surface area (Å²) in [6, 6.07) is 13.1. The number of fused-ring (bicyclic) bond motifs is 1. The normalized spacial score (nSPS) is 12.5. The van der Waals surface area contributed by atoms with Crippen molar-refractivity contribution in [3.8, 4) is 0 Å². The van der Waals surface area contributed by atoms with Crippen LogP contribution in [-0.2, 0) is 20.2 Å². The van der Waals surface area contributed by atoms with Gasteiger partial charge in [-0.05, 0) is 30.3 Å². The van der Waals surface area contributed by atoms with Gasteiger partial charge >= 0.3 is 0 Å². The second-order valence-corrected chi connectivity index (χ2v) is 9.62. The van der Waals surface area contributed by atoms with Crippen molar-refractivity contribution in [2.75, 3.05) is 18.9 Å². The van der Waals surface area contributed by atoms with Gasteiger partial charge < -0.3 is 9.73 Å². The quantitative estimate of drug-likeness (QED) is 0.707. The number of sulfonamides is 1. The highest BCUT2D eigenvalue weighted by Crippen LogP contribution is 2.27. The van der Waals surface area contributed by atoms with Crippen LogP contribution in [0, 0.1) is 0 Å². The molecule has 2 aromatic carbocycles. The average Bonchev–Trinajstić information content (AvgIpc) is 3.06. The third-order valence-electron chi connectivity index (χ3n) is 4.13. The number of likely N-dealkylation sites (N-methyl/N-ethyl adjacent to an activating group) is 1. The largest absolute Gasteiger partial charge is 0.440 e. The summed E-state index contributed by atoms with van der Waals surface area (Å²) in [5.74, 6) is 0.167. The van der Waals surface area contributed by atoms with Crippen molar-refractivity contribution in [1.29, 1.82) is 0 Å². The summed E-state index contributed by atoms with van der Waals surface area (Å²) in [5, 5.41) is 2.71. The zero-order valence-electron chi connectivity index (χ0n) is 16.3. The van der Waals surface area contributed by atoms with Crippen LogP contribution in [0.5, 0.6) is 0 Å². The van der Waals surface area contributed by atoms with Gasteiger partial charge in [0.15, 0.2) is 5.58 Å². The van der Waals surface area contributed by atoms with E-state index in [1.165, 1.54) is 19.2 Å². The summed E-state index contributed by atoms with van der Waals surface area (Å²) in [6.07, 6.45) is 0. The zero-order valence-corrected chi connectivity index (χ0v) is 17.1. The molecule has 0 aliphatic carbocycles. The lowest BCUT2D eigenvalue weighted by Gasteiger charge is -2.16. The maximum Gasteiger partial charge on any atom is 0.243 e. The van der Waals surface area contributed by atoms with E-state index in [-0.39, 0.29) is 16.9 Å². The fourth-order valence-electron chi connectivity index (χ4n) is 2.59. The molecule has 1 amide bonds. The molecule has 0 atom stereocenters. The minimum Gasteiger partial charge on any atom is -0.440 e. The van der Waals surface area contributed by atoms with Crippen LogP contribution in [0.2, 0.25) is 0 Å². The fourth-order valence-corrected chi connectivity index (χ4v) is 3.73. The van der Waals surface area contributed by atoms with E-state index in [2.05, 4.69) is 10.3 Å². The summed E-state index contributed by atoms with van der Waals surface area (Å²) in [5.41, 5.74) is 1.56. The third-order valence-corrected chi connectivity index (χ3v) is 5.95. The Bertz CT molecular complexity index is 1100. The molecule has 1 aromatic heterocycles. The van der Waals surface area contributed by atoms with Crippen LogP contribution in [0.25, 0.3) is 11.1 Å². The van der Waals surface area contributed by atoms with Gasteiger partial charge in [-0.1, -0.05) is 39.0 Å². The summed E-state index contributed by atoms with van der Waals surface area (Å²) in [7, 11) is -2.36. The lowest BCUT2D eigenvalue weighted by atomic mass is 9.97. The summed E-state index contributed by atoms with van der Waals surface area (Å²) in [6.45, 7) is 5.71. The van der Waals surface area contributed by atoms with Crippen molar-refractivity contribution < 1.29 is 17.6 Å². The van der Waals surface area contributed by atoms with E-state index >= 15 is 0 Å². The van der Waals surface area contributed by atoms with Crippen LogP contribution in [0.3, 0.4) is 0 Å². The second-order valence-electron chi connectivity index (χ2n) is 7.57. The Morgan fingerprint density at radius 2 is 1.82 bits per heavy atom. The van der Waals surface area contributed by atoms with Gasteiger partial charge in [-0.25, -0.2) is 13.4 Å². The van der Waals surface area contributed by atoms with E-state index in [0.29, 0.717) is 22.7 Å². The Kier molecular flexibility index (Phi) is 5.27. The lowest BCUT2D eigenvalue weighted by molar-refractivity contribution is -0.116. The number of rotatable bonds is 5.